The van der Waals surface area contributed by atoms with Crippen LogP contribution < -0.4 is 9.47 Å². The smallest absolute Gasteiger partial charge is 0.344 e. The topological polar surface area (TPSA) is 71.1 Å². The maximum absolute atomic E-state index is 12.7. The van der Waals surface area contributed by atoms with Crippen molar-refractivity contribution in [1.29, 1.82) is 0 Å². The summed E-state index contributed by atoms with van der Waals surface area (Å²) in [6.45, 7) is 8.72. The number of unbranched alkanes of at least 4 members (excludes halogenated alkanes) is 2. The van der Waals surface area contributed by atoms with E-state index in [0.717, 1.165) is 51.4 Å². The van der Waals surface area contributed by atoms with Gasteiger partial charge in [0.15, 0.2) is 13.2 Å². The molecule has 0 aromatic heterocycles. The van der Waals surface area contributed by atoms with Gasteiger partial charge in [-0.3, -0.25) is 0 Å². The fourth-order valence-corrected chi connectivity index (χ4v) is 5.43. The molecule has 0 radical (unpaired) electrons. The highest BCUT2D eigenvalue weighted by atomic mass is 35.5. The van der Waals surface area contributed by atoms with E-state index < -0.39 is 11.9 Å². The minimum Gasteiger partial charge on any atom is -0.481 e. The molecule has 230 valence electrons. The first kappa shape index (κ1) is 33.8. The molecule has 0 amide bonds. The van der Waals surface area contributed by atoms with Gasteiger partial charge in [-0.2, -0.15) is 0 Å². The van der Waals surface area contributed by atoms with E-state index in [9.17, 15) is 9.59 Å². The van der Waals surface area contributed by atoms with Crippen molar-refractivity contribution >= 4 is 56.7 Å². The van der Waals surface area contributed by atoms with Gasteiger partial charge >= 0.3 is 11.9 Å². The number of halogens is 2. The molecular weight excluding hydrogens is 575 g/mol. The van der Waals surface area contributed by atoms with E-state index in [1.165, 1.54) is 0 Å². The lowest BCUT2D eigenvalue weighted by Gasteiger charge is -2.19. The van der Waals surface area contributed by atoms with Gasteiger partial charge < -0.3 is 18.9 Å². The van der Waals surface area contributed by atoms with Crippen molar-refractivity contribution in [2.45, 2.75) is 79.1 Å². The first-order valence-corrected chi connectivity index (χ1v) is 16.0. The monoisotopic (exact) mass is 618 g/mol. The molecule has 0 saturated heterocycles. The maximum Gasteiger partial charge on any atom is 0.344 e. The van der Waals surface area contributed by atoms with Crippen LogP contribution >= 0.6 is 23.2 Å². The van der Waals surface area contributed by atoms with Gasteiger partial charge in [-0.1, -0.05) is 102 Å². The number of hydrogen-bond acceptors (Lipinski definition) is 6. The number of carbonyl (C=O) groups excluding carboxylic acids is 2. The molecule has 6 nitrogen and oxygen atoms in total. The molecule has 2 atom stereocenters. The van der Waals surface area contributed by atoms with Gasteiger partial charge in [-0.05, 0) is 48.9 Å². The lowest BCUT2D eigenvalue weighted by Crippen LogP contribution is -2.20. The SMILES string of the molecule is CCCCC(CC)COC(=O)COc1c2ccc(Cl)cc2c(OCC(=O)OCC(CC)CCCC)c2c(Cl)cccc12. The van der Waals surface area contributed by atoms with E-state index in [1.807, 2.05) is 6.07 Å². The van der Waals surface area contributed by atoms with Crippen LogP contribution in [-0.2, 0) is 19.1 Å². The molecule has 0 aliphatic heterocycles. The van der Waals surface area contributed by atoms with Crippen LogP contribution in [0.5, 0.6) is 11.5 Å². The number of benzene rings is 3. The normalized spacial score (nSPS) is 12.7. The third-order valence-electron chi connectivity index (χ3n) is 7.67. The number of fused-ring (bicyclic) bond motifs is 2. The van der Waals surface area contributed by atoms with Crippen LogP contribution in [0.4, 0.5) is 0 Å². The van der Waals surface area contributed by atoms with Crippen molar-refractivity contribution in [3.63, 3.8) is 0 Å². The molecule has 42 heavy (non-hydrogen) atoms. The molecule has 0 bridgehead atoms. The van der Waals surface area contributed by atoms with E-state index >= 15 is 0 Å². The highest BCUT2D eigenvalue weighted by Gasteiger charge is 2.21. The summed E-state index contributed by atoms with van der Waals surface area (Å²) in [5.74, 6) is 0.646. The Kier molecular flexibility index (Phi) is 14.0. The van der Waals surface area contributed by atoms with Crippen molar-refractivity contribution in [2.24, 2.45) is 11.8 Å². The van der Waals surface area contributed by atoms with E-state index in [4.69, 9.17) is 42.1 Å². The lowest BCUT2D eigenvalue weighted by molar-refractivity contribution is -0.148. The highest BCUT2D eigenvalue weighted by Crippen LogP contribution is 2.46. The summed E-state index contributed by atoms with van der Waals surface area (Å²) in [4.78, 5) is 25.4. The quantitative estimate of drug-likeness (QED) is 0.104. The summed E-state index contributed by atoms with van der Waals surface area (Å²) < 4.78 is 23.3. The summed E-state index contributed by atoms with van der Waals surface area (Å²) in [6, 6.07) is 10.7. The number of carbonyl (C=O) groups is 2. The van der Waals surface area contributed by atoms with E-state index in [0.29, 0.717) is 68.1 Å². The summed E-state index contributed by atoms with van der Waals surface area (Å²) in [5.41, 5.74) is 0. The molecule has 0 saturated carbocycles. The third kappa shape index (κ3) is 9.40. The van der Waals surface area contributed by atoms with Crippen LogP contribution in [0.2, 0.25) is 10.0 Å². The Morgan fingerprint density at radius 2 is 1.29 bits per heavy atom. The van der Waals surface area contributed by atoms with Crippen molar-refractivity contribution in [2.75, 3.05) is 26.4 Å². The number of rotatable bonds is 18. The molecular formula is C34H44Cl2O6. The van der Waals surface area contributed by atoms with Gasteiger partial charge in [-0.25, -0.2) is 9.59 Å². The van der Waals surface area contributed by atoms with Gasteiger partial charge in [0.1, 0.15) is 11.5 Å². The zero-order chi connectivity index (χ0) is 30.5. The summed E-state index contributed by atoms with van der Waals surface area (Å²) in [7, 11) is 0. The minimum absolute atomic E-state index is 0.257. The zero-order valence-corrected chi connectivity index (χ0v) is 26.8. The first-order chi connectivity index (χ1) is 20.3. The van der Waals surface area contributed by atoms with Crippen molar-refractivity contribution < 1.29 is 28.5 Å². The van der Waals surface area contributed by atoms with Crippen molar-refractivity contribution in [3.05, 3.63) is 46.4 Å². The molecule has 2 unspecified atom stereocenters. The molecule has 0 spiro atoms. The predicted octanol–water partition coefficient (Wildman–Crippen LogP) is 9.58. The van der Waals surface area contributed by atoms with Gasteiger partial charge in [-0.15, -0.1) is 0 Å². The van der Waals surface area contributed by atoms with Gasteiger partial charge in [0.2, 0.25) is 0 Å². The average molecular weight is 620 g/mol. The van der Waals surface area contributed by atoms with Gasteiger partial charge in [0.05, 0.1) is 18.2 Å². The Hall–Kier alpha value is -2.70. The van der Waals surface area contributed by atoms with Crippen molar-refractivity contribution in [1.82, 2.24) is 0 Å². The average Bonchev–Trinajstić information content (AvgIpc) is 2.99. The lowest BCUT2D eigenvalue weighted by atomic mass is 10.0. The fourth-order valence-electron chi connectivity index (χ4n) is 4.99. The molecule has 8 heteroatoms. The van der Waals surface area contributed by atoms with E-state index in [2.05, 4.69) is 27.7 Å². The van der Waals surface area contributed by atoms with Crippen LogP contribution in [0.25, 0.3) is 21.5 Å². The number of ether oxygens (including phenoxy) is 4. The van der Waals surface area contributed by atoms with Crippen LogP contribution in [0, 0.1) is 11.8 Å². The van der Waals surface area contributed by atoms with Crippen LogP contribution in [0.3, 0.4) is 0 Å². The molecule has 3 aromatic carbocycles. The summed E-state index contributed by atoms with van der Waals surface area (Å²) >= 11 is 13.1. The molecule has 3 rings (SSSR count). The Bertz CT molecular complexity index is 1320. The molecule has 0 aliphatic rings. The maximum atomic E-state index is 12.7. The third-order valence-corrected chi connectivity index (χ3v) is 8.22. The molecule has 3 aromatic rings. The summed E-state index contributed by atoms with van der Waals surface area (Å²) in [6.07, 6.45) is 8.39. The largest absolute Gasteiger partial charge is 0.481 e. The van der Waals surface area contributed by atoms with Crippen LogP contribution in [0.1, 0.15) is 79.1 Å². The molecule has 0 N–H and O–H groups in total. The van der Waals surface area contributed by atoms with Gasteiger partial charge in [0.25, 0.3) is 0 Å². The predicted molar refractivity (Wildman–Crippen MR) is 171 cm³/mol. The van der Waals surface area contributed by atoms with Crippen molar-refractivity contribution in [3.8, 4) is 11.5 Å². The second-order valence-corrected chi connectivity index (χ2v) is 11.6. The first-order valence-electron chi connectivity index (χ1n) is 15.2. The minimum atomic E-state index is -0.451. The van der Waals surface area contributed by atoms with Gasteiger partial charge in [0, 0.05) is 26.6 Å². The van der Waals surface area contributed by atoms with E-state index in [1.54, 1.807) is 30.3 Å². The molecule has 0 fully saturated rings. The Morgan fingerprint density at radius 1 is 0.714 bits per heavy atom. The zero-order valence-electron chi connectivity index (χ0n) is 25.3. The highest BCUT2D eigenvalue weighted by molar-refractivity contribution is 6.37. The fraction of sp³-hybridized carbons (Fsp3) is 0.529. The Balaban J connectivity index is 1.84. The van der Waals surface area contributed by atoms with Crippen LogP contribution in [0.15, 0.2) is 36.4 Å². The Morgan fingerprint density at radius 3 is 1.83 bits per heavy atom. The molecule has 0 aliphatic carbocycles. The van der Waals surface area contributed by atoms with E-state index in [-0.39, 0.29) is 13.2 Å². The summed E-state index contributed by atoms with van der Waals surface area (Å²) in [5, 5.41) is 3.38. The number of hydrogen-bond donors (Lipinski definition) is 0. The Labute approximate surface area is 259 Å². The number of esters is 2. The second kappa shape index (κ2) is 17.4. The standard InChI is InChI=1S/C34H44Cl2O6/c1-5-9-12-23(7-3)19-39-30(37)21-41-33-26-17-16-25(35)18-28(26)34(32-27(33)14-11-15-29(32)36)42-22-31(38)40-20-24(8-4)13-10-6-2/h11,14-18,23-24H,5-10,12-13,19-22H2,1-4H3. The van der Waals surface area contributed by atoms with Crippen LogP contribution in [-0.4, -0.2) is 38.4 Å². The molecule has 0 heterocycles. The second-order valence-electron chi connectivity index (χ2n) is 10.8.